The molecule has 48 valence electrons. The zero-order valence-electron chi connectivity index (χ0n) is 5.96. The standard InChI is InChI=1S/C7H13I/c1-5-6(2)7(3,4)8/h5H,1-4H3/b6-5+. The molecule has 0 unspecified atom stereocenters. The van der Waals surface area contributed by atoms with Crippen LogP contribution in [0.3, 0.4) is 0 Å². The molecule has 0 aromatic carbocycles. The maximum atomic E-state index is 2.43. The van der Waals surface area contributed by atoms with Crippen LogP contribution >= 0.6 is 22.6 Å². The summed E-state index contributed by atoms with van der Waals surface area (Å²) in [6.07, 6.45) is 2.16. The lowest BCUT2D eigenvalue weighted by Gasteiger charge is -2.15. The first kappa shape index (κ1) is 8.47. The highest BCUT2D eigenvalue weighted by atomic mass is 127. The van der Waals surface area contributed by atoms with Crippen LogP contribution in [0.2, 0.25) is 0 Å². The van der Waals surface area contributed by atoms with Gasteiger partial charge >= 0.3 is 0 Å². The molecule has 0 aromatic heterocycles. The Bertz CT molecular complexity index is 95.4. The first-order chi connectivity index (χ1) is 3.48. The molecule has 8 heavy (non-hydrogen) atoms. The van der Waals surface area contributed by atoms with Crippen LogP contribution in [-0.2, 0) is 0 Å². The highest BCUT2D eigenvalue weighted by Gasteiger charge is 2.12. The lowest BCUT2D eigenvalue weighted by atomic mass is 10.1. The molecule has 0 saturated carbocycles. The number of rotatable bonds is 1. The van der Waals surface area contributed by atoms with E-state index >= 15 is 0 Å². The van der Waals surface area contributed by atoms with Crippen molar-refractivity contribution in [3.8, 4) is 0 Å². The fraction of sp³-hybridized carbons (Fsp3) is 0.714. The highest BCUT2D eigenvalue weighted by molar-refractivity contribution is 14.1. The number of halogens is 1. The van der Waals surface area contributed by atoms with Crippen molar-refractivity contribution in [3.05, 3.63) is 11.6 Å². The second kappa shape index (κ2) is 2.85. The predicted molar refractivity (Wildman–Crippen MR) is 47.5 cm³/mol. The van der Waals surface area contributed by atoms with Crippen molar-refractivity contribution < 1.29 is 0 Å². The van der Waals surface area contributed by atoms with Crippen LogP contribution in [0.5, 0.6) is 0 Å². The van der Waals surface area contributed by atoms with Gasteiger partial charge in [0.05, 0.1) is 0 Å². The fourth-order valence-electron chi connectivity index (χ4n) is 0.343. The van der Waals surface area contributed by atoms with Gasteiger partial charge in [-0.3, -0.25) is 0 Å². The Labute approximate surface area is 65.5 Å². The summed E-state index contributed by atoms with van der Waals surface area (Å²) in [5.41, 5.74) is 1.44. The van der Waals surface area contributed by atoms with Crippen molar-refractivity contribution in [1.82, 2.24) is 0 Å². The Balaban J connectivity index is 4.03. The van der Waals surface area contributed by atoms with E-state index in [0.717, 1.165) is 0 Å². The molecule has 0 nitrogen and oxygen atoms in total. The van der Waals surface area contributed by atoms with Crippen molar-refractivity contribution in [2.24, 2.45) is 0 Å². The molecule has 0 saturated heterocycles. The Morgan fingerprint density at radius 3 is 1.88 bits per heavy atom. The Kier molecular flexibility index (Phi) is 3.02. The van der Waals surface area contributed by atoms with Crippen LogP contribution in [0.25, 0.3) is 0 Å². The highest BCUT2D eigenvalue weighted by Crippen LogP contribution is 2.25. The molecule has 0 rings (SSSR count). The summed E-state index contributed by atoms with van der Waals surface area (Å²) in [6.45, 7) is 8.66. The fourth-order valence-corrected chi connectivity index (χ4v) is 0.655. The van der Waals surface area contributed by atoms with Gasteiger partial charge in [0.25, 0.3) is 0 Å². The maximum Gasteiger partial charge on any atom is 0.0371 e. The van der Waals surface area contributed by atoms with Crippen LogP contribution in [0, 0.1) is 0 Å². The van der Waals surface area contributed by atoms with Gasteiger partial charge in [-0.15, -0.1) is 0 Å². The number of hydrogen-bond acceptors (Lipinski definition) is 0. The summed E-state index contributed by atoms with van der Waals surface area (Å²) in [4.78, 5) is 0. The van der Waals surface area contributed by atoms with Gasteiger partial charge in [0.1, 0.15) is 0 Å². The molecule has 0 aliphatic rings. The van der Waals surface area contributed by atoms with Gasteiger partial charge in [0.15, 0.2) is 0 Å². The zero-order chi connectivity index (χ0) is 6.78. The van der Waals surface area contributed by atoms with E-state index in [1.54, 1.807) is 0 Å². The van der Waals surface area contributed by atoms with Crippen molar-refractivity contribution in [3.63, 3.8) is 0 Å². The van der Waals surface area contributed by atoms with Crippen LogP contribution < -0.4 is 0 Å². The van der Waals surface area contributed by atoms with Gasteiger partial charge in [0.2, 0.25) is 0 Å². The number of allylic oxidation sites excluding steroid dienone is 2. The summed E-state index contributed by atoms with van der Waals surface area (Å²) in [7, 11) is 0. The molecule has 0 aliphatic carbocycles. The molecule has 0 bridgehead atoms. The van der Waals surface area contributed by atoms with Gasteiger partial charge in [-0.2, -0.15) is 0 Å². The molecule has 0 aliphatic heterocycles. The first-order valence-corrected chi connectivity index (χ1v) is 3.88. The van der Waals surface area contributed by atoms with Gasteiger partial charge in [-0.1, -0.05) is 34.2 Å². The SMILES string of the molecule is C/C=C(\C)C(C)(C)I. The first-order valence-electron chi connectivity index (χ1n) is 2.81. The van der Waals surface area contributed by atoms with Crippen LogP contribution in [-0.4, -0.2) is 3.42 Å². The van der Waals surface area contributed by atoms with E-state index in [2.05, 4.69) is 56.4 Å². The molecule has 0 heterocycles. The average Bonchev–Trinajstić information content (AvgIpc) is 1.62. The smallest absolute Gasteiger partial charge is 0.0371 e. The third-order valence-corrected chi connectivity index (χ3v) is 2.22. The minimum Gasteiger partial charge on any atom is -0.0874 e. The summed E-state index contributed by atoms with van der Waals surface area (Å²) in [5.74, 6) is 0. The minimum absolute atomic E-state index is 0.340. The van der Waals surface area contributed by atoms with Crippen molar-refractivity contribution in [1.29, 1.82) is 0 Å². The molecule has 1 heteroatoms. The van der Waals surface area contributed by atoms with Crippen molar-refractivity contribution >= 4 is 22.6 Å². The second-order valence-electron chi connectivity index (χ2n) is 2.44. The van der Waals surface area contributed by atoms with Crippen molar-refractivity contribution in [2.45, 2.75) is 31.1 Å². The van der Waals surface area contributed by atoms with E-state index in [4.69, 9.17) is 0 Å². The maximum absolute atomic E-state index is 2.43. The molecule has 0 N–H and O–H groups in total. The van der Waals surface area contributed by atoms with Gasteiger partial charge in [-0.05, 0) is 27.7 Å². The van der Waals surface area contributed by atoms with E-state index in [-0.39, 0.29) is 0 Å². The lowest BCUT2D eigenvalue weighted by molar-refractivity contribution is 0.871. The normalized spacial score (nSPS) is 14.4. The minimum atomic E-state index is 0.340. The molecule has 0 fully saturated rings. The van der Waals surface area contributed by atoms with Gasteiger partial charge < -0.3 is 0 Å². The monoisotopic (exact) mass is 224 g/mol. The predicted octanol–water partition coefficient (Wildman–Crippen LogP) is 3.17. The third-order valence-electron chi connectivity index (χ3n) is 1.37. The molecule has 0 aromatic rings. The van der Waals surface area contributed by atoms with E-state index in [1.807, 2.05) is 0 Å². The van der Waals surface area contributed by atoms with E-state index in [9.17, 15) is 0 Å². The molecule has 0 radical (unpaired) electrons. The molecule has 0 spiro atoms. The Morgan fingerprint density at radius 1 is 1.50 bits per heavy atom. The topological polar surface area (TPSA) is 0 Å². The summed E-state index contributed by atoms with van der Waals surface area (Å²) >= 11 is 2.43. The van der Waals surface area contributed by atoms with E-state index in [1.165, 1.54) is 5.57 Å². The third kappa shape index (κ3) is 2.70. The van der Waals surface area contributed by atoms with Crippen LogP contribution in [0.1, 0.15) is 27.7 Å². The van der Waals surface area contributed by atoms with Crippen LogP contribution in [0.15, 0.2) is 11.6 Å². The lowest BCUT2D eigenvalue weighted by Crippen LogP contribution is -2.09. The Morgan fingerprint density at radius 2 is 1.88 bits per heavy atom. The zero-order valence-corrected chi connectivity index (χ0v) is 8.11. The Hall–Kier alpha value is 0.470. The van der Waals surface area contributed by atoms with Crippen molar-refractivity contribution in [2.75, 3.05) is 0 Å². The largest absolute Gasteiger partial charge is 0.0874 e. The average molecular weight is 224 g/mol. The molecular weight excluding hydrogens is 211 g/mol. The second-order valence-corrected chi connectivity index (χ2v) is 5.14. The van der Waals surface area contributed by atoms with Gasteiger partial charge in [0, 0.05) is 3.42 Å². The summed E-state index contributed by atoms with van der Waals surface area (Å²) < 4.78 is 0.340. The molecular formula is C7H13I. The van der Waals surface area contributed by atoms with Gasteiger partial charge in [-0.25, -0.2) is 0 Å². The van der Waals surface area contributed by atoms with E-state index in [0.29, 0.717) is 3.42 Å². The number of hydrogen-bond donors (Lipinski definition) is 0. The molecule has 0 amide bonds. The number of alkyl halides is 1. The summed E-state index contributed by atoms with van der Waals surface area (Å²) in [6, 6.07) is 0. The van der Waals surface area contributed by atoms with E-state index < -0.39 is 0 Å². The molecule has 0 atom stereocenters. The quantitative estimate of drug-likeness (QED) is 0.364. The summed E-state index contributed by atoms with van der Waals surface area (Å²) in [5, 5.41) is 0. The van der Waals surface area contributed by atoms with Crippen LogP contribution in [0.4, 0.5) is 0 Å².